The van der Waals surface area contributed by atoms with Crippen molar-refractivity contribution in [2.75, 3.05) is 17.4 Å². The van der Waals surface area contributed by atoms with Gasteiger partial charge in [-0.1, -0.05) is 54.8 Å². The van der Waals surface area contributed by atoms with E-state index in [1.54, 1.807) is 18.2 Å². The summed E-state index contributed by atoms with van der Waals surface area (Å²) < 4.78 is 10.7. The van der Waals surface area contributed by atoms with Crippen LogP contribution in [0, 0.1) is 5.92 Å². The highest BCUT2D eigenvalue weighted by Crippen LogP contribution is 2.37. The van der Waals surface area contributed by atoms with Gasteiger partial charge in [-0.3, -0.25) is 10.1 Å². The van der Waals surface area contributed by atoms with Gasteiger partial charge in [0.25, 0.3) is 0 Å². The van der Waals surface area contributed by atoms with E-state index >= 15 is 0 Å². The maximum atomic E-state index is 13.0. The van der Waals surface area contributed by atoms with Gasteiger partial charge in [-0.15, -0.1) is 10.2 Å². The summed E-state index contributed by atoms with van der Waals surface area (Å²) in [6, 6.07) is 8.83. The molecule has 12 heteroatoms. The molecule has 3 N–H and O–H groups in total. The SMILES string of the molecule is CC[C@H](C)[C@H](NC(=O)Nc1ccc(Cl)c(Cl)c1)C(=O)Nc1nnc(-c2ccc3c(c2)OCO3)s1. The molecular weight excluding hydrogens is 501 g/mol. The molecule has 0 saturated carbocycles. The molecule has 0 saturated heterocycles. The summed E-state index contributed by atoms with van der Waals surface area (Å²) in [5.41, 5.74) is 1.24. The molecule has 3 amide bonds. The summed E-state index contributed by atoms with van der Waals surface area (Å²) in [6.07, 6.45) is 0.670. The lowest BCUT2D eigenvalue weighted by Crippen LogP contribution is -2.49. The number of hydrogen-bond donors (Lipinski definition) is 3. The molecular formula is C22H21Cl2N5O4S. The van der Waals surface area contributed by atoms with E-state index in [2.05, 4.69) is 26.1 Å². The number of amides is 3. The Morgan fingerprint density at radius 1 is 1.06 bits per heavy atom. The predicted octanol–water partition coefficient (Wildman–Crippen LogP) is 5.42. The first-order valence-electron chi connectivity index (χ1n) is 10.4. The van der Waals surface area contributed by atoms with Crippen molar-refractivity contribution >= 4 is 57.3 Å². The number of urea groups is 1. The molecule has 9 nitrogen and oxygen atoms in total. The molecule has 2 aromatic carbocycles. The molecule has 3 aromatic rings. The second-order valence-electron chi connectivity index (χ2n) is 7.56. The molecule has 0 radical (unpaired) electrons. The topological polar surface area (TPSA) is 114 Å². The van der Waals surface area contributed by atoms with Gasteiger partial charge in [-0.2, -0.15) is 0 Å². The fourth-order valence-electron chi connectivity index (χ4n) is 3.19. The third-order valence-corrected chi connectivity index (χ3v) is 6.86. The van der Waals surface area contributed by atoms with Gasteiger partial charge in [0.2, 0.25) is 17.8 Å². The molecule has 2 atom stereocenters. The molecule has 0 fully saturated rings. The van der Waals surface area contributed by atoms with Crippen LogP contribution in [0.15, 0.2) is 36.4 Å². The van der Waals surface area contributed by atoms with Crippen LogP contribution in [0.1, 0.15) is 20.3 Å². The first-order chi connectivity index (χ1) is 16.3. The fraction of sp³-hybridized carbons (Fsp3) is 0.273. The van der Waals surface area contributed by atoms with Gasteiger partial charge in [0, 0.05) is 11.3 Å². The number of hydrogen-bond acceptors (Lipinski definition) is 7. The maximum absolute atomic E-state index is 13.0. The summed E-state index contributed by atoms with van der Waals surface area (Å²) >= 11 is 13.1. The molecule has 1 aromatic heterocycles. The van der Waals surface area contributed by atoms with Gasteiger partial charge in [0.1, 0.15) is 11.0 Å². The van der Waals surface area contributed by atoms with Gasteiger partial charge in [-0.25, -0.2) is 4.79 Å². The monoisotopic (exact) mass is 521 g/mol. The minimum Gasteiger partial charge on any atom is -0.454 e. The van der Waals surface area contributed by atoms with Gasteiger partial charge < -0.3 is 20.1 Å². The lowest BCUT2D eigenvalue weighted by molar-refractivity contribution is -0.119. The van der Waals surface area contributed by atoms with Crippen LogP contribution in [-0.2, 0) is 4.79 Å². The minimum absolute atomic E-state index is 0.138. The van der Waals surface area contributed by atoms with E-state index in [-0.39, 0.29) is 12.7 Å². The van der Waals surface area contributed by atoms with E-state index in [1.807, 2.05) is 26.0 Å². The van der Waals surface area contributed by atoms with E-state index in [1.165, 1.54) is 17.4 Å². The number of ether oxygens (including phenoxy) is 2. The standard InChI is InChI=1S/C22H21Cl2N5O4S/c1-3-11(2)18(26-21(31)25-13-5-6-14(23)15(24)9-13)19(30)27-22-29-28-20(34-22)12-4-7-16-17(8-12)33-10-32-16/h4-9,11,18H,3,10H2,1-2H3,(H2,25,26,31)(H,27,29,30)/t11-,18-/m0/s1. The van der Waals surface area contributed by atoms with Gasteiger partial charge in [0.15, 0.2) is 11.5 Å². The average molecular weight is 522 g/mol. The zero-order valence-electron chi connectivity index (χ0n) is 18.2. The first kappa shape index (κ1) is 24.1. The zero-order chi connectivity index (χ0) is 24.2. The van der Waals surface area contributed by atoms with Crippen LogP contribution in [0.5, 0.6) is 11.5 Å². The van der Waals surface area contributed by atoms with E-state index in [9.17, 15) is 9.59 Å². The maximum Gasteiger partial charge on any atom is 0.319 e. The quantitative estimate of drug-likeness (QED) is 0.382. The Bertz CT molecular complexity index is 1220. The molecule has 0 bridgehead atoms. The Balaban J connectivity index is 1.42. The second kappa shape index (κ2) is 10.5. The number of rotatable bonds is 7. The predicted molar refractivity (Wildman–Crippen MR) is 132 cm³/mol. The molecule has 2 heterocycles. The third-order valence-electron chi connectivity index (χ3n) is 5.23. The lowest BCUT2D eigenvalue weighted by Gasteiger charge is -2.23. The molecule has 0 aliphatic carbocycles. The Morgan fingerprint density at radius 2 is 1.85 bits per heavy atom. The number of anilines is 2. The van der Waals surface area contributed by atoms with Crippen LogP contribution in [0.3, 0.4) is 0 Å². The van der Waals surface area contributed by atoms with Gasteiger partial charge >= 0.3 is 6.03 Å². The number of nitrogens with zero attached hydrogens (tertiary/aromatic N) is 2. The molecule has 0 unspecified atom stereocenters. The average Bonchev–Trinajstić information content (AvgIpc) is 3.48. The van der Waals surface area contributed by atoms with E-state index in [4.69, 9.17) is 32.7 Å². The minimum atomic E-state index is -0.800. The summed E-state index contributed by atoms with van der Waals surface area (Å²) in [7, 11) is 0. The third kappa shape index (κ3) is 5.52. The van der Waals surface area contributed by atoms with Gasteiger partial charge in [0.05, 0.1) is 10.0 Å². The van der Waals surface area contributed by atoms with Crippen molar-refractivity contribution in [1.29, 1.82) is 0 Å². The molecule has 1 aliphatic heterocycles. The van der Waals surface area contributed by atoms with Crippen LogP contribution < -0.4 is 25.4 Å². The Hall–Kier alpha value is -3.08. The van der Waals surface area contributed by atoms with E-state index in [0.717, 1.165) is 5.56 Å². The number of benzene rings is 2. The number of aromatic nitrogens is 2. The summed E-state index contributed by atoms with van der Waals surface area (Å²) in [4.78, 5) is 25.6. The summed E-state index contributed by atoms with van der Waals surface area (Å²) in [5, 5.41) is 18.0. The van der Waals surface area contributed by atoms with E-state index < -0.39 is 18.0 Å². The van der Waals surface area contributed by atoms with Crippen LogP contribution in [0.25, 0.3) is 10.6 Å². The van der Waals surface area contributed by atoms with Crippen molar-refractivity contribution in [2.24, 2.45) is 5.92 Å². The van der Waals surface area contributed by atoms with Crippen LogP contribution in [0.2, 0.25) is 10.0 Å². The van der Waals surface area contributed by atoms with Crippen LogP contribution >= 0.6 is 34.5 Å². The van der Waals surface area contributed by atoms with E-state index in [0.29, 0.717) is 43.8 Å². The van der Waals surface area contributed by atoms with Crippen molar-refractivity contribution in [1.82, 2.24) is 15.5 Å². The van der Waals surface area contributed by atoms with Crippen molar-refractivity contribution in [3.8, 4) is 22.1 Å². The largest absolute Gasteiger partial charge is 0.454 e. The molecule has 178 valence electrons. The van der Waals surface area contributed by atoms with Gasteiger partial charge in [-0.05, 0) is 42.3 Å². The first-order valence-corrected chi connectivity index (χ1v) is 12.0. The lowest BCUT2D eigenvalue weighted by atomic mass is 9.98. The smallest absolute Gasteiger partial charge is 0.319 e. The van der Waals surface area contributed by atoms with Crippen molar-refractivity contribution in [3.63, 3.8) is 0 Å². The fourth-order valence-corrected chi connectivity index (χ4v) is 4.23. The second-order valence-corrected chi connectivity index (χ2v) is 9.35. The van der Waals surface area contributed by atoms with Crippen molar-refractivity contribution in [2.45, 2.75) is 26.3 Å². The normalized spacial score (nSPS) is 13.8. The molecule has 34 heavy (non-hydrogen) atoms. The highest BCUT2D eigenvalue weighted by Gasteiger charge is 2.27. The zero-order valence-corrected chi connectivity index (χ0v) is 20.6. The number of nitrogens with one attached hydrogen (secondary N) is 3. The summed E-state index contributed by atoms with van der Waals surface area (Å²) in [5.74, 6) is 0.767. The Kier molecular flexibility index (Phi) is 7.40. The van der Waals surface area contributed by atoms with Crippen LogP contribution in [-0.4, -0.2) is 35.0 Å². The van der Waals surface area contributed by atoms with Crippen molar-refractivity contribution < 1.29 is 19.1 Å². The number of carbonyl (C=O) groups excluding carboxylic acids is 2. The highest BCUT2D eigenvalue weighted by atomic mass is 35.5. The molecule has 0 spiro atoms. The Labute approximate surface area is 209 Å². The summed E-state index contributed by atoms with van der Waals surface area (Å²) in [6.45, 7) is 3.99. The highest BCUT2D eigenvalue weighted by molar-refractivity contribution is 7.18. The number of halogens is 2. The molecule has 1 aliphatic rings. The number of fused-ring (bicyclic) bond motifs is 1. The van der Waals surface area contributed by atoms with Crippen molar-refractivity contribution in [3.05, 3.63) is 46.4 Å². The number of carbonyl (C=O) groups is 2. The molecule has 4 rings (SSSR count). The Morgan fingerprint density at radius 3 is 2.62 bits per heavy atom. The van der Waals surface area contributed by atoms with Crippen LogP contribution in [0.4, 0.5) is 15.6 Å².